The summed E-state index contributed by atoms with van der Waals surface area (Å²) in [6.07, 6.45) is 1.45. The number of amides is 1. The lowest BCUT2D eigenvalue weighted by Gasteiger charge is -2.29. The fraction of sp³-hybridized carbons (Fsp3) is 0.300. The maximum atomic E-state index is 12.4. The van der Waals surface area contributed by atoms with Crippen molar-refractivity contribution >= 4 is 46.0 Å². The van der Waals surface area contributed by atoms with E-state index in [0.717, 1.165) is 25.9 Å². The molecule has 1 aliphatic rings. The molecule has 1 aromatic carbocycles. The van der Waals surface area contributed by atoms with Gasteiger partial charge in [0.1, 0.15) is 5.82 Å². The molecule has 3 aromatic rings. The Hall–Kier alpha value is -3.77. The van der Waals surface area contributed by atoms with Crippen LogP contribution in [0.4, 0.5) is 11.6 Å². The van der Waals surface area contributed by atoms with Crippen molar-refractivity contribution in [3.05, 3.63) is 51.3 Å². The van der Waals surface area contributed by atoms with E-state index in [1.807, 2.05) is 18.2 Å². The van der Waals surface area contributed by atoms with Crippen molar-refractivity contribution in [2.75, 3.05) is 24.6 Å². The molecule has 2 aromatic heterocycles. The van der Waals surface area contributed by atoms with E-state index in [4.69, 9.17) is 28.8 Å². The predicted octanol–water partition coefficient (Wildman–Crippen LogP) is 0.240. The summed E-state index contributed by atoms with van der Waals surface area (Å²) in [5.74, 6) is -0.328. The second-order valence-corrected chi connectivity index (χ2v) is 8.00. The molecule has 0 aliphatic carbocycles. The van der Waals surface area contributed by atoms with Crippen molar-refractivity contribution < 1.29 is 4.79 Å². The first-order valence-electron chi connectivity index (χ1n) is 10.2. The van der Waals surface area contributed by atoms with E-state index < -0.39 is 5.91 Å². The highest BCUT2D eigenvalue weighted by molar-refractivity contribution is 6.31. The summed E-state index contributed by atoms with van der Waals surface area (Å²) in [4.78, 5) is 46.2. The van der Waals surface area contributed by atoms with Gasteiger partial charge in [-0.1, -0.05) is 23.7 Å². The molecule has 1 aliphatic heterocycles. The summed E-state index contributed by atoms with van der Waals surface area (Å²) in [5.41, 5.74) is 17.4. The Morgan fingerprint density at radius 1 is 1.18 bits per heavy atom. The van der Waals surface area contributed by atoms with E-state index in [1.165, 1.54) is 0 Å². The molecule has 1 fully saturated rings. The number of aliphatic imine (C=N–C) groups is 1. The van der Waals surface area contributed by atoms with E-state index in [2.05, 4.69) is 35.1 Å². The Morgan fingerprint density at radius 2 is 1.91 bits per heavy atom. The Balaban J connectivity index is 1.34. The van der Waals surface area contributed by atoms with Crippen LogP contribution in [0.3, 0.4) is 0 Å². The summed E-state index contributed by atoms with van der Waals surface area (Å²) < 4.78 is 0. The van der Waals surface area contributed by atoms with Gasteiger partial charge in [-0.25, -0.2) is 19.9 Å². The molecule has 4 rings (SSSR count). The van der Waals surface area contributed by atoms with E-state index in [-0.39, 0.29) is 40.0 Å². The molecule has 0 bridgehead atoms. The Kier molecular flexibility index (Phi) is 6.38. The number of piperidine rings is 1. The number of aromatic amines is 1. The van der Waals surface area contributed by atoms with Gasteiger partial charge in [0.25, 0.3) is 11.5 Å². The van der Waals surface area contributed by atoms with Crippen LogP contribution in [0.1, 0.15) is 29.2 Å². The summed E-state index contributed by atoms with van der Waals surface area (Å²) in [5, 5.41) is 2.89. The zero-order valence-corrected chi connectivity index (χ0v) is 18.3. The van der Waals surface area contributed by atoms with Gasteiger partial charge in [0, 0.05) is 13.1 Å². The molecule has 0 spiro atoms. The zero-order chi connectivity index (χ0) is 23.5. The fourth-order valence-corrected chi connectivity index (χ4v) is 3.77. The first kappa shape index (κ1) is 22.4. The van der Waals surface area contributed by atoms with Gasteiger partial charge in [0.15, 0.2) is 28.4 Å². The summed E-state index contributed by atoms with van der Waals surface area (Å²) in [6.45, 7) is 1.99. The van der Waals surface area contributed by atoms with E-state index >= 15 is 0 Å². The largest absolute Gasteiger partial charge is 0.382 e. The number of carbonyl (C=O) groups is 1. The molecule has 1 amide bonds. The number of halogens is 1. The number of fused-ring (bicyclic) bond motifs is 1. The average Bonchev–Trinajstić information content (AvgIpc) is 2.77. The van der Waals surface area contributed by atoms with Crippen molar-refractivity contribution in [3.8, 4) is 0 Å². The number of nitrogens with two attached hydrogens (primary N) is 3. The molecule has 12 nitrogen and oxygen atoms in total. The van der Waals surface area contributed by atoms with Crippen LogP contribution in [-0.4, -0.2) is 55.8 Å². The zero-order valence-electron chi connectivity index (χ0n) is 17.6. The van der Waals surface area contributed by atoms with Gasteiger partial charge in [0.05, 0.1) is 23.5 Å². The van der Waals surface area contributed by atoms with Gasteiger partial charge in [-0.2, -0.15) is 0 Å². The SMILES string of the molecule is NC(=NC1CCN(Cc2nc3ccccc3c(=O)[nH]2)CC1)NC(=O)c1nc(Cl)c(N)nc1N. The molecule has 3 heterocycles. The Bertz CT molecular complexity index is 1280. The maximum absolute atomic E-state index is 12.4. The van der Waals surface area contributed by atoms with E-state index in [1.54, 1.807) is 6.07 Å². The number of guanidine groups is 1. The number of H-pyrrole nitrogens is 1. The summed E-state index contributed by atoms with van der Waals surface area (Å²) in [7, 11) is 0. The van der Waals surface area contributed by atoms with Gasteiger partial charge in [-0.05, 0) is 25.0 Å². The molecule has 172 valence electrons. The fourth-order valence-electron chi connectivity index (χ4n) is 3.64. The van der Waals surface area contributed by atoms with Crippen molar-refractivity contribution in [1.29, 1.82) is 0 Å². The number of likely N-dealkylation sites (tertiary alicyclic amines) is 1. The first-order valence-corrected chi connectivity index (χ1v) is 10.6. The van der Waals surface area contributed by atoms with Crippen LogP contribution >= 0.6 is 11.6 Å². The van der Waals surface area contributed by atoms with Crippen molar-refractivity contribution in [1.82, 2.24) is 30.2 Å². The first-order chi connectivity index (χ1) is 15.8. The number of nitrogen functional groups attached to an aromatic ring is 2. The van der Waals surface area contributed by atoms with Gasteiger partial charge >= 0.3 is 0 Å². The van der Waals surface area contributed by atoms with Gasteiger partial charge in [-0.15, -0.1) is 0 Å². The normalized spacial score (nSPS) is 15.6. The minimum absolute atomic E-state index is 0.0480. The van der Waals surface area contributed by atoms with Crippen LogP contribution < -0.4 is 28.1 Å². The second kappa shape index (κ2) is 9.38. The Morgan fingerprint density at radius 3 is 2.67 bits per heavy atom. The number of hydrogen-bond acceptors (Lipinski definition) is 9. The highest BCUT2D eigenvalue weighted by Gasteiger charge is 2.21. The number of anilines is 2. The monoisotopic (exact) mass is 470 g/mol. The lowest BCUT2D eigenvalue weighted by molar-refractivity contribution is 0.0972. The number of rotatable bonds is 4. The van der Waals surface area contributed by atoms with Crippen molar-refractivity contribution in [3.63, 3.8) is 0 Å². The average molecular weight is 471 g/mol. The third kappa shape index (κ3) is 5.18. The van der Waals surface area contributed by atoms with E-state index in [0.29, 0.717) is 23.3 Å². The molecule has 0 unspecified atom stereocenters. The molecular formula is C20H23ClN10O2. The molecule has 1 saturated heterocycles. The van der Waals surface area contributed by atoms with Crippen LogP contribution in [0.15, 0.2) is 34.1 Å². The molecule has 8 N–H and O–H groups in total. The summed E-state index contributed by atoms with van der Waals surface area (Å²) >= 11 is 5.81. The minimum atomic E-state index is -0.674. The predicted molar refractivity (Wildman–Crippen MR) is 126 cm³/mol. The number of benzene rings is 1. The number of para-hydroxylation sites is 1. The van der Waals surface area contributed by atoms with E-state index in [9.17, 15) is 9.59 Å². The number of nitrogens with one attached hydrogen (secondary N) is 2. The number of nitrogens with zero attached hydrogens (tertiary/aromatic N) is 5. The lowest BCUT2D eigenvalue weighted by atomic mass is 10.1. The number of hydrogen-bond donors (Lipinski definition) is 5. The maximum Gasteiger partial charge on any atom is 0.280 e. The number of aromatic nitrogens is 4. The molecule has 33 heavy (non-hydrogen) atoms. The topological polar surface area (TPSA) is 194 Å². The highest BCUT2D eigenvalue weighted by atomic mass is 35.5. The van der Waals surface area contributed by atoms with Crippen LogP contribution in [-0.2, 0) is 6.54 Å². The van der Waals surface area contributed by atoms with Gasteiger partial charge in [0.2, 0.25) is 0 Å². The number of carbonyl (C=O) groups excluding carboxylic acids is 1. The minimum Gasteiger partial charge on any atom is -0.382 e. The third-order valence-electron chi connectivity index (χ3n) is 5.28. The van der Waals surface area contributed by atoms with Crippen LogP contribution in [0.25, 0.3) is 10.9 Å². The smallest absolute Gasteiger partial charge is 0.280 e. The third-order valence-corrected chi connectivity index (χ3v) is 5.55. The molecule has 0 radical (unpaired) electrons. The van der Waals surface area contributed by atoms with Gasteiger partial charge < -0.3 is 22.2 Å². The molecular weight excluding hydrogens is 448 g/mol. The van der Waals surface area contributed by atoms with Crippen LogP contribution in [0.2, 0.25) is 5.15 Å². The molecule has 0 saturated carbocycles. The molecule has 0 atom stereocenters. The van der Waals surface area contributed by atoms with Crippen molar-refractivity contribution in [2.45, 2.75) is 25.4 Å². The summed E-state index contributed by atoms with van der Waals surface area (Å²) in [6, 6.07) is 7.17. The van der Waals surface area contributed by atoms with Gasteiger partial charge in [-0.3, -0.25) is 19.8 Å². The van der Waals surface area contributed by atoms with Crippen LogP contribution in [0, 0.1) is 0 Å². The quantitative estimate of drug-likeness (QED) is 0.262. The molecule has 13 heteroatoms. The van der Waals surface area contributed by atoms with Crippen LogP contribution in [0.5, 0.6) is 0 Å². The Labute approximate surface area is 193 Å². The second-order valence-electron chi connectivity index (χ2n) is 7.64. The standard InChI is InChI=1S/C20H23ClN10O2/c21-15-17(23)29-16(22)14(28-15)19(33)30-20(24)25-10-5-7-31(8-6-10)9-13-26-12-4-2-1-3-11(12)18(32)27-13/h1-4,10H,5-9H2,(H4,22,23,29)(H,26,27,32)(H3,24,25,30,33). The lowest BCUT2D eigenvalue weighted by Crippen LogP contribution is -2.41. The highest BCUT2D eigenvalue weighted by Crippen LogP contribution is 2.18. The van der Waals surface area contributed by atoms with Crippen molar-refractivity contribution in [2.24, 2.45) is 10.7 Å².